The molecule has 0 fully saturated rings. The van der Waals surface area contributed by atoms with Gasteiger partial charge in [0.2, 0.25) is 5.88 Å². The SMILES string of the molecule is COc1ncc(C(C)C)cc1C(c1ccccc1)C(O)(CCN(C)C)C1CC=Cc2ccccc21. The predicted octanol–water partition coefficient (Wildman–Crippen LogP) is 6.23. The summed E-state index contributed by atoms with van der Waals surface area (Å²) in [5, 5.41) is 13.0. The van der Waals surface area contributed by atoms with Crippen LogP contribution in [0.2, 0.25) is 0 Å². The van der Waals surface area contributed by atoms with Crippen LogP contribution in [-0.4, -0.2) is 48.3 Å². The number of pyridine rings is 1. The molecule has 1 aliphatic carbocycles. The Kier molecular flexibility index (Phi) is 7.73. The third-order valence-electron chi connectivity index (χ3n) is 7.31. The van der Waals surface area contributed by atoms with Crippen LogP contribution in [0.15, 0.2) is 72.9 Å². The Bertz CT molecular complexity index is 1160. The largest absolute Gasteiger partial charge is 0.481 e. The molecular formula is C31H38N2O2. The van der Waals surface area contributed by atoms with Gasteiger partial charge in [-0.2, -0.15) is 0 Å². The van der Waals surface area contributed by atoms with Crippen LogP contribution in [0.5, 0.6) is 5.88 Å². The monoisotopic (exact) mass is 470 g/mol. The number of hydrogen-bond acceptors (Lipinski definition) is 4. The molecule has 0 saturated heterocycles. The first kappa shape index (κ1) is 25.2. The van der Waals surface area contributed by atoms with Crippen molar-refractivity contribution in [3.8, 4) is 5.88 Å². The van der Waals surface area contributed by atoms with Crippen LogP contribution in [0.4, 0.5) is 0 Å². The summed E-state index contributed by atoms with van der Waals surface area (Å²) in [5.74, 6) is 0.513. The number of fused-ring (bicyclic) bond motifs is 1. The van der Waals surface area contributed by atoms with Gasteiger partial charge < -0.3 is 14.7 Å². The lowest BCUT2D eigenvalue weighted by Crippen LogP contribution is -2.46. The second-order valence-electron chi connectivity index (χ2n) is 10.2. The highest BCUT2D eigenvalue weighted by Crippen LogP contribution is 2.51. The van der Waals surface area contributed by atoms with Crippen LogP contribution >= 0.6 is 0 Å². The average molecular weight is 471 g/mol. The van der Waals surface area contributed by atoms with E-state index in [1.165, 1.54) is 11.1 Å². The zero-order valence-electron chi connectivity index (χ0n) is 21.6. The third-order valence-corrected chi connectivity index (χ3v) is 7.31. The molecule has 35 heavy (non-hydrogen) atoms. The average Bonchev–Trinajstić information content (AvgIpc) is 2.87. The molecule has 3 atom stereocenters. The molecule has 1 aliphatic rings. The summed E-state index contributed by atoms with van der Waals surface area (Å²) in [6.45, 7) is 5.11. The molecule has 1 aromatic heterocycles. The molecular weight excluding hydrogens is 432 g/mol. The lowest BCUT2D eigenvalue weighted by molar-refractivity contribution is -0.0175. The van der Waals surface area contributed by atoms with Gasteiger partial charge in [-0.05, 0) is 61.2 Å². The van der Waals surface area contributed by atoms with Crippen LogP contribution in [0, 0.1) is 0 Å². The summed E-state index contributed by atoms with van der Waals surface area (Å²) in [7, 11) is 5.79. The van der Waals surface area contributed by atoms with Gasteiger partial charge in [0.25, 0.3) is 0 Å². The molecule has 0 saturated carbocycles. The summed E-state index contributed by atoms with van der Waals surface area (Å²) in [4.78, 5) is 6.86. The molecule has 4 nitrogen and oxygen atoms in total. The molecule has 184 valence electrons. The Balaban J connectivity index is 1.97. The van der Waals surface area contributed by atoms with Crippen LogP contribution in [0.25, 0.3) is 6.08 Å². The third kappa shape index (κ3) is 5.19. The van der Waals surface area contributed by atoms with Crippen molar-refractivity contribution >= 4 is 6.08 Å². The van der Waals surface area contributed by atoms with Crippen molar-refractivity contribution in [2.24, 2.45) is 0 Å². The number of allylic oxidation sites excluding steroid dienone is 1. The van der Waals surface area contributed by atoms with Crippen LogP contribution < -0.4 is 4.74 Å². The van der Waals surface area contributed by atoms with Crippen LogP contribution in [0.1, 0.15) is 72.3 Å². The number of nitrogens with zero attached hydrogens (tertiary/aromatic N) is 2. The van der Waals surface area contributed by atoms with Gasteiger partial charge in [-0.3, -0.25) is 0 Å². The minimum Gasteiger partial charge on any atom is -0.481 e. The van der Waals surface area contributed by atoms with Crippen molar-refractivity contribution in [3.63, 3.8) is 0 Å². The Morgan fingerprint density at radius 1 is 1.06 bits per heavy atom. The summed E-state index contributed by atoms with van der Waals surface area (Å²) < 4.78 is 5.81. The Labute approximate surface area is 210 Å². The van der Waals surface area contributed by atoms with E-state index in [-0.39, 0.29) is 11.8 Å². The lowest BCUT2D eigenvalue weighted by Gasteiger charge is -2.45. The van der Waals surface area contributed by atoms with Crippen molar-refractivity contribution in [2.45, 2.75) is 50.0 Å². The van der Waals surface area contributed by atoms with Crippen LogP contribution in [0.3, 0.4) is 0 Å². The van der Waals surface area contributed by atoms with E-state index >= 15 is 0 Å². The topological polar surface area (TPSA) is 45.6 Å². The number of benzene rings is 2. The first-order valence-electron chi connectivity index (χ1n) is 12.6. The smallest absolute Gasteiger partial charge is 0.216 e. The number of rotatable bonds is 9. The summed E-state index contributed by atoms with van der Waals surface area (Å²) in [5.41, 5.74) is 4.46. The molecule has 3 unspecified atom stereocenters. The van der Waals surface area contributed by atoms with Gasteiger partial charge >= 0.3 is 0 Å². The zero-order valence-corrected chi connectivity index (χ0v) is 21.6. The van der Waals surface area contributed by atoms with E-state index in [0.717, 1.165) is 29.7 Å². The number of methoxy groups -OCH3 is 1. The van der Waals surface area contributed by atoms with Gasteiger partial charge in [-0.1, -0.05) is 80.6 Å². The molecule has 2 aromatic carbocycles. The number of aliphatic hydroxyl groups is 1. The van der Waals surface area contributed by atoms with Gasteiger partial charge in [0.15, 0.2) is 0 Å². The fraction of sp³-hybridized carbons (Fsp3) is 0.387. The predicted molar refractivity (Wildman–Crippen MR) is 144 cm³/mol. The molecule has 0 spiro atoms. The Morgan fingerprint density at radius 2 is 1.77 bits per heavy atom. The fourth-order valence-electron chi connectivity index (χ4n) is 5.40. The maximum Gasteiger partial charge on any atom is 0.216 e. The molecule has 0 bridgehead atoms. The fourth-order valence-corrected chi connectivity index (χ4v) is 5.40. The summed E-state index contributed by atoms with van der Waals surface area (Å²) in [6.07, 6.45) is 7.67. The second-order valence-corrected chi connectivity index (χ2v) is 10.2. The highest BCUT2D eigenvalue weighted by atomic mass is 16.5. The highest BCUT2D eigenvalue weighted by Gasteiger charge is 2.47. The minimum absolute atomic E-state index is 0.0683. The molecule has 0 radical (unpaired) electrons. The van der Waals surface area contributed by atoms with E-state index in [2.05, 4.69) is 99.6 Å². The van der Waals surface area contributed by atoms with Gasteiger partial charge in [-0.25, -0.2) is 4.98 Å². The molecule has 4 rings (SSSR count). The molecule has 0 amide bonds. The maximum absolute atomic E-state index is 13.0. The quantitative estimate of drug-likeness (QED) is 0.403. The number of aromatic nitrogens is 1. The summed E-state index contributed by atoms with van der Waals surface area (Å²) >= 11 is 0. The van der Waals surface area contributed by atoms with E-state index in [4.69, 9.17) is 9.72 Å². The molecule has 1 heterocycles. The Hall–Kier alpha value is -2.95. The Morgan fingerprint density at radius 3 is 2.46 bits per heavy atom. The van der Waals surface area contributed by atoms with Gasteiger partial charge in [0.1, 0.15) is 0 Å². The van der Waals surface area contributed by atoms with Crippen molar-refractivity contribution in [1.29, 1.82) is 0 Å². The standard InChI is InChI=1S/C31H38N2O2/c1-22(2)25-20-27(30(35-5)32-21-25)29(24-13-7-6-8-14-24)31(34,18-19-33(3)4)28-17-11-15-23-12-9-10-16-26(23)28/h6-16,20-22,28-29,34H,17-19H2,1-5H3. The van der Waals surface area contributed by atoms with Crippen molar-refractivity contribution in [3.05, 3.63) is 101 Å². The van der Waals surface area contributed by atoms with Crippen LogP contribution in [-0.2, 0) is 0 Å². The first-order chi connectivity index (χ1) is 16.8. The van der Waals surface area contributed by atoms with Gasteiger partial charge in [0, 0.05) is 30.1 Å². The van der Waals surface area contributed by atoms with E-state index in [0.29, 0.717) is 18.2 Å². The molecule has 0 aliphatic heterocycles. The lowest BCUT2D eigenvalue weighted by atomic mass is 9.64. The first-order valence-corrected chi connectivity index (χ1v) is 12.6. The summed E-state index contributed by atoms with van der Waals surface area (Å²) in [6, 6.07) is 21.0. The van der Waals surface area contributed by atoms with Gasteiger partial charge in [-0.15, -0.1) is 0 Å². The molecule has 4 heteroatoms. The second kappa shape index (κ2) is 10.8. The minimum atomic E-state index is -1.07. The van der Waals surface area contributed by atoms with E-state index in [1.54, 1.807) is 7.11 Å². The molecule has 1 N–H and O–H groups in total. The van der Waals surface area contributed by atoms with E-state index < -0.39 is 5.60 Å². The maximum atomic E-state index is 13.0. The number of hydrogen-bond donors (Lipinski definition) is 1. The molecule has 3 aromatic rings. The normalized spacial score (nSPS) is 17.8. The highest BCUT2D eigenvalue weighted by molar-refractivity contribution is 5.59. The van der Waals surface area contributed by atoms with E-state index in [9.17, 15) is 5.11 Å². The van der Waals surface area contributed by atoms with Crippen molar-refractivity contribution < 1.29 is 9.84 Å². The number of ether oxygens (including phenoxy) is 1. The van der Waals surface area contributed by atoms with Crippen molar-refractivity contribution in [2.75, 3.05) is 27.7 Å². The van der Waals surface area contributed by atoms with Crippen molar-refractivity contribution in [1.82, 2.24) is 9.88 Å². The van der Waals surface area contributed by atoms with Gasteiger partial charge in [0.05, 0.1) is 12.7 Å². The zero-order chi connectivity index (χ0) is 25.0. The van der Waals surface area contributed by atoms with E-state index in [1.807, 2.05) is 12.3 Å².